The van der Waals surface area contributed by atoms with Crippen molar-refractivity contribution >= 4 is 16.6 Å². The van der Waals surface area contributed by atoms with Crippen LogP contribution in [-0.4, -0.2) is 31.8 Å². The average Bonchev–Trinajstić information content (AvgIpc) is 2.53. The lowest BCUT2D eigenvalue weighted by Gasteiger charge is -2.18. The minimum Gasteiger partial charge on any atom is -0.493 e. The van der Waals surface area contributed by atoms with Crippen LogP contribution in [0.25, 0.3) is 10.8 Å². The molecule has 0 aliphatic carbocycles. The molecule has 0 aliphatic heterocycles. The lowest BCUT2D eigenvalue weighted by Crippen LogP contribution is -2.29. The van der Waals surface area contributed by atoms with Gasteiger partial charge in [-0.1, -0.05) is 13.3 Å². The summed E-state index contributed by atoms with van der Waals surface area (Å²) in [6, 6.07) is 6.09. The van der Waals surface area contributed by atoms with Crippen molar-refractivity contribution in [1.82, 2.24) is 4.98 Å². The Kier molecular flexibility index (Phi) is 5.22. The van der Waals surface area contributed by atoms with Gasteiger partial charge >= 0.3 is 0 Å². The van der Waals surface area contributed by atoms with Gasteiger partial charge in [-0.05, 0) is 30.0 Å². The first kappa shape index (κ1) is 15.4. The van der Waals surface area contributed by atoms with Crippen LogP contribution in [0.5, 0.6) is 11.5 Å². The molecule has 0 radical (unpaired) electrons. The van der Waals surface area contributed by atoms with E-state index in [0.717, 1.165) is 29.4 Å². The van der Waals surface area contributed by atoms with Gasteiger partial charge in [0, 0.05) is 24.2 Å². The fourth-order valence-corrected chi connectivity index (χ4v) is 2.41. The lowest BCUT2D eigenvalue weighted by molar-refractivity contribution is 0.356. The number of benzene rings is 1. The highest BCUT2D eigenvalue weighted by atomic mass is 16.5. The third kappa shape index (κ3) is 3.36. The molecule has 114 valence electrons. The molecule has 1 unspecified atom stereocenters. The zero-order valence-electron chi connectivity index (χ0n) is 12.8. The zero-order chi connectivity index (χ0) is 15.2. The summed E-state index contributed by atoms with van der Waals surface area (Å²) in [7, 11) is 3.27. The van der Waals surface area contributed by atoms with E-state index in [1.54, 1.807) is 20.4 Å². The number of ether oxygens (including phenoxy) is 2. The first-order chi connectivity index (χ1) is 10.2. The van der Waals surface area contributed by atoms with Crippen LogP contribution >= 0.6 is 0 Å². The summed E-state index contributed by atoms with van der Waals surface area (Å²) >= 11 is 0. The van der Waals surface area contributed by atoms with Crippen LogP contribution in [0, 0.1) is 0 Å². The van der Waals surface area contributed by atoms with Crippen LogP contribution in [0.1, 0.15) is 19.8 Å². The summed E-state index contributed by atoms with van der Waals surface area (Å²) in [4.78, 5) is 4.44. The highest BCUT2D eigenvalue weighted by molar-refractivity contribution is 5.94. The second-order valence-corrected chi connectivity index (χ2v) is 4.95. The fraction of sp³-hybridized carbons (Fsp3) is 0.438. The molecule has 1 aromatic carbocycles. The molecule has 0 spiro atoms. The van der Waals surface area contributed by atoms with Gasteiger partial charge in [0.2, 0.25) is 0 Å². The number of anilines is 1. The van der Waals surface area contributed by atoms with E-state index >= 15 is 0 Å². The van der Waals surface area contributed by atoms with E-state index in [-0.39, 0.29) is 6.04 Å². The standard InChI is InChI=1S/C16H23N3O2/c1-4-5-12(10-17)19-16-13-9-15(21-3)14(20-2)8-11(13)6-7-18-16/h6-9,12H,4-5,10,17H2,1-3H3,(H,18,19). The van der Waals surface area contributed by atoms with Crippen LogP contribution in [0.15, 0.2) is 24.4 Å². The van der Waals surface area contributed by atoms with Gasteiger partial charge in [-0.3, -0.25) is 0 Å². The Morgan fingerprint density at radius 1 is 1.24 bits per heavy atom. The molecule has 0 aliphatic rings. The maximum absolute atomic E-state index is 5.82. The SMILES string of the molecule is CCCC(CN)Nc1nccc2cc(OC)c(OC)cc12. The van der Waals surface area contributed by atoms with E-state index in [1.807, 2.05) is 18.2 Å². The number of methoxy groups -OCH3 is 2. The third-order valence-corrected chi connectivity index (χ3v) is 3.53. The zero-order valence-corrected chi connectivity index (χ0v) is 12.8. The first-order valence-electron chi connectivity index (χ1n) is 7.20. The highest BCUT2D eigenvalue weighted by Gasteiger charge is 2.12. The van der Waals surface area contributed by atoms with Crippen LogP contribution in [0.2, 0.25) is 0 Å². The topological polar surface area (TPSA) is 69.4 Å². The molecule has 21 heavy (non-hydrogen) atoms. The number of nitrogens with two attached hydrogens (primary N) is 1. The van der Waals surface area contributed by atoms with Gasteiger partial charge in [0.05, 0.1) is 14.2 Å². The second-order valence-electron chi connectivity index (χ2n) is 4.95. The second kappa shape index (κ2) is 7.13. The van der Waals surface area contributed by atoms with E-state index in [0.29, 0.717) is 18.0 Å². The van der Waals surface area contributed by atoms with Crippen LogP contribution < -0.4 is 20.5 Å². The van der Waals surface area contributed by atoms with Crippen molar-refractivity contribution in [2.45, 2.75) is 25.8 Å². The first-order valence-corrected chi connectivity index (χ1v) is 7.20. The molecule has 1 heterocycles. The highest BCUT2D eigenvalue weighted by Crippen LogP contribution is 2.34. The molecule has 0 fully saturated rings. The number of aromatic nitrogens is 1. The Labute approximate surface area is 125 Å². The monoisotopic (exact) mass is 289 g/mol. The van der Waals surface area contributed by atoms with Crippen molar-refractivity contribution < 1.29 is 9.47 Å². The maximum atomic E-state index is 5.82. The molecule has 2 rings (SSSR count). The van der Waals surface area contributed by atoms with E-state index in [9.17, 15) is 0 Å². The van der Waals surface area contributed by atoms with Crippen molar-refractivity contribution in [3.8, 4) is 11.5 Å². The van der Waals surface area contributed by atoms with Gasteiger partial charge in [0.15, 0.2) is 11.5 Å². The number of hydrogen-bond donors (Lipinski definition) is 2. The molecular weight excluding hydrogens is 266 g/mol. The van der Waals surface area contributed by atoms with Gasteiger partial charge in [-0.2, -0.15) is 0 Å². The van der Waals surface area contributed by atoms with Crippen LogP contribution in [0.3, 0.4) is 0 Å². The largest absolute Gasteiger partial charge is 0.493 e. The number of hydrogen-bond acceptors (Lipinski definition) is 5. The fourth-order valence-electron chi connectivity index (χ4n) is 2.41. The predicted octanol–water partition coefficient (Wildman–Crippen LogP) is 2.79. The number of rotatable bonds is 7. The minimum absolute atomic E-state index is 0.223. The van der Waals surface area contributed by atoms with Crippen molar-refractivity contribution in [2.24, 2.45) is 5.73 Å². The van der Waals surface area contributed by atoms with E-state index in [4.69, 9.17) is 15.2 Å². The number of nitrogens with one attached hydrogen (secondary N) is 1. The van der Waals surface area contributed by atoms with Crippen molar-refractivity contribution in [2.75, 3.05) is 26.1 Å². The molecule has 1 aromatic heterocycles. The predicted molar refractivity (Wildman–Crippen MR) is 86.2 cm³/mol. The molecule has 3 N–H and O–H groups in total. The number of nitrogens with zero attached hydrogens (tertiary/aromatic N) is 1. The smallest absolute Gasteiger partial charge is 0.161 e. The molecule has 0 saturated carbocycles. The number of pyridine rings is 1. The quantitative estimate of drug-likeness (QED) is 0.820. The summed E-state index contributed by atoms with van der Waals surface area (Å²) < 4.78 is 10.7. The normalized spacial score (nSPS) is 12.2. The summed E-state index contributed by atoms with van der Waals surface area (Å²) in [5, 5.41) is 5.49. The lowest BCUT2D eigenvalue weighted by atomic mass is 10.1. The molecule has 0 bridgehead atoms. The molecule has 1 atom stereocenters. The van der Waals surface area contributed by atoms with E-state index in [2.05, 4.69) is 17.2 Å². The summed E-state index contributed by atoms with van der Waals surface area (Å²) in [6.45, 7) is 2.73. The van der Waals surface area contributed by atoms with Crippen molar-refractivity contribution in [3.63, 3.8) is 0 Å². The molecule has 5 heteroatoms. The van der Waals surface area contributed by atoms with Crippen molar-refractivity contribution in [1.29, 1.82) is 0 Å². The Balaban J connectivity index is 2.44. The van der Waals surface area contributed by atoms with Gasteiger partial charge in [-0.25, -0.2) is 4.98 Å². The Morgan fingerprint density at radius 2 is 1.95 bits per heavy atom. The summed E-state index contributed by atoms with van der Waals surface area (Å²) in [5.41, 5.74) is 5.82. The minimum atomic E-state index is 0.223. The molecule has 0 saturated heterocycles. The molecule has 5 nitrogen and oxygen atoms in total. The number of fused-ring (bicyclic) bond motifs is 1. The average molecular weight is 289 g/mol. The molecule has 2 aromatic rings. The Hall–Kier alpha value is -2.01. The van der Waals surface area contributed by atoms with Gasteiger partial charge in [0.1, 0.15) is 5.82 Å². The van der Waals surface area contributed by atoms with Crippen molar-refractivity contribution in [3.05, 3.63) is 24.4 Å². The maximum Gasteiger partial charge on any atom is 0.161 e. The molecular formula is C16H23N3O2. The van der Waals surface area contributed by atoms with Gasteiger partial charge in [-0.15, -0.1) is 0 Å². The van der Waals surface area contributed by atoms with Gasteiger partial charge < -0.3 is 20.5 Å². The third-order valence-electron chi connectivity index (χ3n) is 3.53. The van der Waals surface area contributed by atoms with E-state index < -0.39 is 0 Å². The van der Waals surface area contributed by atoms with Crippen LogP contribution in [0.4, 0.5) is 5.82 Å². The van der Waals surface area contributed by atoms with Crippen LogP contribution in [-0.2, 0) is 0 Å². The Morgan fingerprint density at radius 3 is 2.57 bits per heavy atom. The van der Waals surface area contributed by atoms with Gasteiger partial charge in [0.25, 0.3) is 0 Å². The summed E-state index contributed by atoms with van der Waals surface area (Å²) in [5.74, 6) is 2.24. The summed E-state index contributed by atoms with van der Waals surface area (Å²) in [6.07, 6.45) is 3.88. The Bertz CT molecular complexity index is 601. The van der Waals surface area contributed by atoms with E-state index in [1.165, 1.54) is 0 Å². The molecule has 0 amide bonds.